The van der Waals surface area contributed by atoms with E-state index >= 15 is 0 Å². The van der Waals surface area contributed by atoms with Crippen molar-refractivity contribution in [1.82, 2.24) is 0 Å². The maximum Gasteiger partial charge on any atom is 0.340 e. The van der Waals surface area contributed by atoms with Crippen LogP contribution in [0.1, 0.15) is 31.1 Å². The Bertz CT molecular complexity index is 811. The quantitative estimate of drug-likeness (QED) is 0.192. The summed E-state index contributed by atoms with van der Waals surface area (Å²) >= 11 is 5.86. The molecule has 8 nitrogen and oxygen atoms in total. The summed E-state index contributed by atoms with van der Waals surface area (Å²) in [5.74, 6) is -1.89. The summed E-state index contributed by atoms with van der Waals surface area (Å²) in [6, 6.07) is 0. The zero-order valence-electron chi connectivity index (χ0n) is 15.2. The molecule has 0 aliphatic rings. The van der Waals surface area contributed by atoms with Crippen LogP contribution in [0.5, 0.6) is 0 Å². The van der Waals surface area contributed by atoms with Gasteiger partial charge in [0, 0.05) is 19.4 Å². The van der Waals surface area contributed by atoms with Crippen LogP contribution in [0.2, 0.25) is 0 Å². The van der Waals surface area contributed by atoms with Crippen LogP contribution in [0.4, 0.5) is 11.4 Å². The number of ether oxygens (including phenoxy) is 2. The predicted molar refractivity (Wildman–Crippen MR) is 129 cm³/mol. The summed E-state index contributed by atoms with van der Waals surface area (Å²) in [7, 11) is 0. The lowest BCUT2D eigenvalue weighted by Crippen LogP contribution is -2.20. The number of rotatable bonds is 7. The molecule has 1 rings (SSSR count). The molecule has 2 N–H and O–H groups in total. The summed E-state index contributed by atoms with van der Waals surface area (Å²) in [5, 5.41) is 5.35. The highest BCUT2D eigenvalue weighted by Crippen LogP contribution is 2.39. The molecule has 0 fully saturated rings. The molecule has 2 amide bonds. The zero-order chi connectivity index (χ0) is 21.6. The average Bonchev–Trinajstić information content (AvgIpc) is 2.58. The Morgan fingerprint density at radius 2 is 1.25 bits per heavy atom. The predicted octanol–water partition coefficient (Wildman–Crippen LogP) is 3.69. The lowest BCUT2D eigenvalue weighted by molar-refractivity contribution is -0.140. The van der Waals surface area contributed by atoms with Crippen molar-refractivity contribution >= 4 is 103 Å². The van der Waals surface area contributed by atoms with E-state index in [0.29, 0.717) is 22.1 Å². The first-order valence-electron chi connectivity index (χ1n) is 7.72. The third-order valence-electron chi connectivity index (χ3n) is 3.02. The number of amides is 2. The van der Waals surface area contributed by atoms with Crippen molar-refractivity contribution in [2.24, 2.45) is 0 Å². The van der Waals surface area contributed by atoms with Gasteiger partial charge in [-0.25, -0.2) is 9.59 Å². The van der Waals surface area contributed by atoms with Gasteiger partial charge in [0.1, 0.15) is 13.2 Å². The first-order valence-corrected chi connectivity index (χ1v) is 11.0. The van der Waals surface area contributed by atoms with Crippen LogP contribution in [0.3, 0.4) is 0 Å². The highest BCUT2D eigenvalue weighted by atomic mass is 127. The van der Waals surface area contributed by atoms with Crippen LogP contribution in [-0.2, 0) is 23.9 Å². The van der Waals surface area contributed by atoms with Crippen molar-refractivity contribution in [2.45, 2.75) is 20.8 Å². The first-order chi connectivity index (χ1) is 13.0. The Balaban J connectivity index is 3.19. The maximum absolute atomic E-state index is 12.6. The van der Waals surface area contributed by atoms with Crippen LogP contribution in [-0.4, -0.2) is 37.0 Å². The van der Waals surface area contributed by atoms with Gasteiger partial charge < -0.3 is 20.1 Å². The molecule has 0 radical (unpaired) electrons. The number of carbonyl (C=O) groups is 4. The SMILES string of the molecule is C=C(C)C(=O)OCCOC(=O)c1c(I)c(NC(C)=O)c(I)c(NC(C)=O)c1I. The third-order valence-corrected chi connectivity index (χ3v) is 6.26. The Kier molecular flexibility index (Phi) is 10.1. The average molecular weight is 726 g/mol. The van der Waals surface area contributed by atoms with E-state index in [1.807, 2.05) is 67.8 Å². The van der Waals surface area contributed by atoms with E-state index < -0.39 is 11.9 Å². The maximum atomic E-state index is 12.6. The Morgan fingerprint density at radius 1 is 0.821 bits per heavy atom. The summed E-state index contributed by atoms with van der Waals surface area (Å²) in [6.07, 6.45) is 0. The van der Waals surface area contributed by atoms with Gasteiger partial charge in [-0.3, -0.25) is 9.59 Å². The summed E-state index contributed by atoms with van der Waals surface area (Å²) < 4.78 is 11.6. The molecular formula is C17H17I3N2O6. The molecule has 0 unspecified atom stereocenters. The van der Waals surface area contributed by atoms with E-state index in [1.165, 1.54) is 20.8 Å². The molecule has 0 saturated heterocycles. The second kappa shape index (κ2) is 11.3. The van der Waals surface area contributed by atoms with Crippen molar-refractivity contribution < 1.29 is 28.7 Å². The van der Waals surface area contributed by atoms with Gasteiger partial charge in [-0.05, 0) is 74.7 Å². The van der Waals surface area contributed by atoms with Gasteiger partial charge in [0.15, 0.2) is 0 Å². The van der Waals surface area contributed by atoms with Crippen LogP contribution >= 0.6 is 67.8 Å². The van der Waals surface area contributed by atoms with Gasteiger partial charge in [0.2, 0.25) is 11.8 Å². The molecule has 152 valence electrons. The van der Waals surface area contributed by atoms with Crippen molar-refractivity contribution in [1.29, 1.82) is 0 Å². The fourth-order valence-electron chi connectivity index (χ4n) is 1.88. The summed E-state index contributed by atoms with van der Waals surface area (Å²) in [6.45, 7) is 7.39. The molecule has 1 aromatic rings. The molecule has 0 heterocycles. The van der Waals surface area contributed by atoms with Crippen LogP contribution < -0.4 is 10.6 Å². The molecule has 11 heteroatoms. The molecule has 0 bridgehead atoms. The van der Waals surface area contributed by atoms with Crippen LogP contribution in [0, 0.1) is 10.7 Å². The van der Waals surface area contributed by atoms with E-state index in [4.69, 9.17) is 9.47 Å². The van der Waals surface area contributed by atoms with E-state index in [1.54, 1.807) is 0 Å². The fourth-order valence-corrected chi connectivity index (χ4v) is 6.02. The van der Waals surface area contributed by atoms with Gasteiger partial charge in [-0.2, -0.15) is 0 Å². The van der Waals surface area contributed by atoms with Crippen LogP contribution in [0.15, 0.2) is 12.2 Å². The lowest BCUT2D eigenvalue weighted by Gasteiger charge is -2.19. The van der Waals surface area contributed by atoms with E-state index in [2.05, 4.69) is 17.2 Å². The van der Waals surface area contributed by atoms with Gasteiger partial charge in [-0.1, -0.05) is 6.58 Å². The molecule has 28 heavy (non-hydrogen) atoms. The van der Waals surface area contributed by atoms with E-state index in [-0.39, 0.29) is 36.2 Å². The number of benzene rings is 1. The minimum Gasteiger partial charge on any atom is -0.459 e. The Labute approximate surface area is 203 Å². The molecule has 0 saturated carbocycles. The first kappa shape index (κ1) is 25.1. The normalized spacial score (nSPS) is 10.1. The monoisotopic (exact) mass is 726 g/mol. The second-order valence-electron chi connectivity index (χ2n) is 5.48. The number of nitrogens with one attached hydrogen (secondary N) is 2. The van der Waals surface area contributed by atoms with Gasteiger partial charge in [-0.15, -0.1) is 0 Å². The zero-order valence-corrected chi connectivity index (χ0v) is 21.7. The number of hydrogen-bond acceptors (Lipinski definition) is 6. The molecular weight excluding hydrogens is 709 g/mol. The standard InChI is InChI=1S/C17H17I3N2O6/c1-7(2)16(25)27-5-6-28-17(26)10-11(18)14(21-8(3)23)13(20)15(12(10)19)22-9(4)24/h1,5-6H2,2-4H3,(H,21,23)(H,22,24). The van der Waals surface area contributed by atoms with E-state index in [0.717, 1.165) is 0 Å². The molecule has 0 spiro atoms. The van der Waals surface area contributed by atoms with Crippen LogP contribution in [0.25, 0.3) is 0 Å². The molecule has 0 aliphatic carbocycles. The largest absolute Gasteiger partial charge is 0.459 e. The smallest absolute Gasteiger partial charge is 0.340 e. The summed E-state index contributed by atoms with van der Waals surface area (Å²) in [4.78, 5) is 47.1. The summed E-state index contributed by atoms with van der Waals surface area (Å²) in [5.41, 5.74) is 1.24. The number of carbonyl (C=O) groups excluding carboxylic acids is 4. The number of halogens is 3. The van der Waals surface area contributed by atoms with Gasteiger partial charge in [0.05, 0.1) is 27.6 Å². The van der Waals surface area contributed by atoms with Crippen molar-refractivity contribution in [3.05, 3.63) is 28.4 Å². The number of esters is 2. The highest BCUT2D eigenvalue weighted by molar-refractivity contribution is 14.1. The van der Waals surface area contributed by atoms with E-state index in [9.17, 15) is 19.2 Å². The van der Waals surface area contributed by atoms with Crippen molar-refractivity contribution in [3.63, 3.8) is 0 Å². The molecule has 1 aromatic carbocycles. The van der Waals surface area contributed by atoms with Crippen molar-refractivity contribution in [2.75, 3.05) is 23.8 Å². The minimum atomic E-state index is -0.672. The third kappa shape index (κ3) is 6.82. The second-order valence-corrected chi connectivity index (χ2v) is 8.72. The number of hydrogen-bond donors (Lipinski definition) is 2. The molecule has 0 aromatic heterocycles. The number of anilines is 2. The highest BCUT2D eigenvalue weighted by Gasteiger charge is 2.26. The minimum absolute atomic E-state index is 0.119. The van der Waals surface area contributed by atoms with Gasteiger partial charge in [0.25, 0.3) is 0 Å². The Hall–Kier alpha value is -0.970. The lowest BCUT2D eigenvalue weighted by atomic mass is 10.1. The molecule has 0 aliphatic heterocycles. The molecule has 0 atom stereocenters. The topological polar surface area (TPSA) is 111 Å². The van der Waals surface area contributed by atoms with Crippen molar-refractivity contribution in [3.8, 4) is 0 Å². The fraction of sp³-hybridized carbons (Fsp3) is 0.294. The Morgan fingerprint density at radius 3 is 1.64 bits per heavy atom. The van der Waals surface area contributed by atoms with Gasteiger partial charge >= 0.3 is 11.9 Å².